The van der Waals surface area contributed by atoms with Crippen LogP contribution in [0.1, 0.15) is 33.1 Å². The lowest BCUT2D eigenvalue weighted by molar-refractivity contribution is -0.127. The summed E-state index contributed by atoms with van der Waals surface area (Å²) >= 11 is 0. The molecular formula is C13H24ClN3O2. The average molecular weight is 290 g/mol. The summed E-state index contributed by atoms with van der Waals surface area (Å²) in [5, 5.41) is 8.83. The third kappa shape index (κ3) is 4.08. The fourth-order valence-corrected chi connectivity index (χ4v) is 2.86. The van der Waals surface area contributed by atoms with Crippen molar-refractivity contribution in [3.8, 4) is 0 Å². The second-order valence-corrected chi connectivity index (χ2v) is 5.81. The standard InChI is InChI=1S/C13H23N3O2.ClH/c1-9(2)16-11(17)8-15-12(18)10-7-13(10)3-5-14-6-4-13;/h9-10,14H,3-8H2,1-2H3,(H,15,18)(H,16,17);1H. The number of hydrogen-bond acceptors (Lipinski definition) is 3. The zero-order valence-corrected chi connectivity index (χ0v) is 12.4. The molecule has 0 aromatic carbocycles. The Labute approximate surface area is 120 Å². The molecule has 1 saturated carbocycles. The van der Waals surface area contributed by atoms with E-state index in [9.17, 15) is 9.59 Å². The second-order valence-electron chi connectivity index (χ2n) is 5.81. The number of carbonyl (C=O) groups is 2. The van der Waals surface area contributed by atoms with Gasteiger partial charge in [0.1, 0.15) is 0 Å². The van der Waals surface area contributed by atoms with Gasteiger partial charge >= 0.3 is 0 Å². The highest BCUT2D eigenvalue weighted by Gasteiger charge is 2.57. The van der Waals surface area contributed by atoms with Crippen molar-refractivity contribution in [2.45, 2.75) is 39.2 Å². The summed E-state index contributed by atoms with van der Waals surface area (Å²) in [6.07, 6.45) is 3.17. The summed E-state index contributed by atoms with van der Waals surface area (Å²) in [5.74, 6) is 0.0700. The molecule has 1 heterocycles. The predicted octanol–water partition coefficient (Wildman–Crippen LogP) is 0.439. The van der Waals surface area contributed by atoms with E-state index in [1.807, 2.05) is 13.8 Å². The Balaban J connectivity index is 0.00000180. The molecule has 1 spiro atoms. The SMILES string of the molecule is CC(C)NC(=O)CNC(=O)C1CC12CCNCC2.Cl. The molecule has 6 heteroatoms. The summed E-state index contributed by atoms with van der Waals surface area (Å²) in [7, 11) is 0. The van der Waals surface area contributed by atoms with Crippen molar-refractivity contribution in [2.75, 3.05) is 19.6 Å². The summed E-state index contributed by atoms with van der Waals surface area (Å²) in [6, 6.07) is 0.117. The molecule has 1 unspecified atom stereocenters. The van der Waals surface area contributed by atoms with E-state index in [1.54, 1.807) is 0 Å². The van der Waals surface area contributed by atoms with Gasteiger partial charge in [-0.25, -0.2) is 0 Å². The molecule has 3 N–H and O–H groups in total. The molecule has 0 aromatic heterocycles. The molecular weight excluding hydrogens is 266 g/mol. The fraction of sp³-hybridized carbons (Fsp3) is 0.846. The van der Waals surface area contributed by atoms with Crippen LogP contribution in [0.15, 0.2) is 0 Å². The van der Waals surface area contributed by atoms with Gasteiger partial charge < -0.3 is 16.0 Å². The quantitative estimate of drug-likeness (QED) is 0.703. The topological polar surface area (TPSA) is 70.2 Å². The Kier molecular flexibility index (Phi) is 5.62. The van der Waals surface area contributed by atoms with Crippen LogP contribution < -0.4 is 16.0 Å². The van der Waals surface area contributed by atoms with E-state index in [1.165, 1.54) is 0 Å². The third-order valence-electron chi connectivity index (χ3n) is 3.98. The number of amides is 2. The lowest BCUT2D eigenvalue weighted by atomic mass is 9.92. The molecule has 1 aliphatic heterocycles. The second kappa shape index (κ2) is 6.57. The van der Waals surface area contributed by atoms with Crippen LogP contribution in [0.5, 0.6) is 0 Å². The van der Waals surface area contributed by atoms with Crippen LogP contribution in [0.2, 0.25) is 0 Å². The third-order valence-corrected chi connectivity index (χ3v) is 3.98. The predicted molar refractivity (Wildman–Crippen MR) is 76.2 cm³/mol. The van der Waals surface area contributed by atoms with Crippen molar-refractivity contribution >= 4 is 24.2 Å². The minimum Gasteiger partial charge on any atom is -0.352 e. The molecule has 1 atom stereocenters. The van der Waals surface area contributed by atoms with Gasteiger partial charge in [-0.2, -0.15) is 0 Å². The number of nitrogens with one attached hydrogen (secondary N) is 3. The molecule has 1 aliphatic carbocycles. The van der Waals surface area contributed by atoms with Gasteiger partial charge in [0.25, 0.3) is 0 Å². The molecule has 0 bridgehead atoms. The van der Waals surface area contributed by atoms with Gasteiger partial charge in [-0.15, -0.1) is 12.4 Å². The molecule has 5 nitrogen and oxygen atoms in total. The normalized spacial score (nSPS) is 23.6. The van der Waals surface area contributed by atoms with E-state index in [2.05, 4.69) is 16.0 Å². The van der Waals surface area contributed by atoms with Gasteiger partial charge in [-0.05, 0) is 51.6 Å². The summed E-state index contributed by atoms with van der Waals surface area (Å²) in [5.41, 5.74) is 0.240. The van der Waals surface area contributed by atoms with Crippen LogP contribution in [-0.4, -0.2) is 37.5 Å². The minimum absolute atomic E-state index is 0. The average Bonchev–Trinajstić information content (AvgIpc) is 3.00. The molecule has 2 aliphatic rings. The van der Waals surface area contributed by atoms with Crippen molar-refractivity contribution in [2.24, 2.45) is 11.3 Å². The fourth-order valence-electron chi connectivity index (χ4n) is 2.86. The van der Waals surface area contributed by atoms with Gasteiger partial charge in [-0.1, -0.05) is 0 Å². The largest absolute Gasteiger partial charge is 0.352 e. The number of rotatable bonds is 4. The van der Waals surface area contributed by atoms with E-state index in [0.29, 0.717) is 0 Å². The molecule has 19 heavy (non-hydrogen) atoms. The smallest absolute Gasteiger partial charge is 0.239 e. The van der Waals surface area contributed by atoms with Crippen LogP contribution in [0.3, 0.4) is 0 Å². The molecule has 2 amide bonds. The van der Waals surface area contributed by atoms with Crippen molar-refractivity contribution in [1.82, 2.24) is 16.0 Å². The van der Waals surface area contributed by atoms with E-state index in [4.69, 9.17) is 0 Å². The van der Waals surface area contributed by atoms with Gasteiger partial charge in [-0.3, -0.25) is 9.59 Å². The molecule has 2 rings (SSSR count). The van der Waals surface area contributed by atoms with Crippen LogP contribution in [0, 0.1) is 11.3 Å². The first-order valence-corrected chi connectivity index (χ1v) is 6.81. The Morgan fingerprint density at radius 3 is 2.53 bits per heavy atom. The molecule has 0 radical (unpaired) electrons. The van der Waals surface area contributed by atoms with E-state index < -0.39 is 0 Å². The first-order chi connectivity index (χ1) is 8.53. The van der Waals surface area contributed by atoms with Crippen molar-refractivity contribution in [3.05, 3.63) is 0 Å². The van der Waals surface area contributed by atoms with Gasteiger partial charge in [0, 0.05) is 12.0 Å². The summed E-state index contributed by atoms with van der Waals surface area (Å²) in [6.45, 7) is 5.94. The van der Waals surface area contributed by atoms with E-state index in [0.717, 1.165) is 32.4 Å². The summed E-state index contributed by atoms with van der Waals surface area (Å²) in [4.78, 5) is 23.4. The zero-order valence-electron chi connectivity index (χ0n) is 11.6. The number of halogens is 1. The molecule has 0 aromatic rings. The van der Waals surface area contributed by atoms with E-state index in [-0.39, 0.29) is 48.1 Å². The Morgan fingerprint density at radius 1 is 1.32 bits per heavy atom. The molecule has 2 fully saturated rings. The highest BCUT2D eigenvalue weighted by Crippen LogP contribution is 2.58. The number of hydrogen-bond donors (Lipinski definition) is 3. The maximum atomic E-state index is 12.0. The minimum atomic E-state index is -0.113. The number of piperidine rings is 1. The Morgan fingerprint density at radius 2 is 1.95 bits per heavy atom. The first kappa shape index (κ1) is 16.2. The van der Waals surface area contributed by atoms with Crippen LogP contribution in [0.4, 0.5) is 0 Å². The highest BCUT2D eigenvalue weighted by molar-refractivity contribution is 5.87. The maximum absolute atomic E-state index is 12.0. The highest BCUT2D eigenvalue weighted by atomic mass is 35.5. The number of carbonyl (C=O) groups excluding carboxylic acids is 2. The van der Waals surface area contributed by atoms with Crippen LogP contribution in [0.25, 0.3) is 0 Å². The van der Waals surface area contributed by atoms with Gasteiger partial charge in [0.05, 0.1) is 6.54 Å². The van der Waals surface area contributed by atoms with Crippen molar-refractivity contribution in [3.63, 3.8) is 0 Å². The Hall–Kier alpha value is -0.810. The van der Waals surface area contributed by atoms with Crippen molar-refractivity contribution < 1.29 is 9.59 Å². The van der Waals surface area contributed by atoms with Crippen LogP contribution in [-0.2, 0) is 9.59 Å². The first-order valence-electron chi connectivity index (χ1n) is 6.81. The van der Waals surface area contributed by atoms with Gasteiger partial charge in [0.2, 0.25) is 11.8 Å². The lowest BCUT2D eigenvalue weighted by Crippen LogP contribution is -2.41. The van der Waals surface area contributed by atoms with Crippen molar-refractivity contribution in [1.29, 1.82) is 0 Å². The molecule has 110 valence electrons. The Bertz CT molecular complexity index is 341. The van der Waals surface area contributed by atoms with Crippen LogP contribution >= 0.6 is 12.4 Å². The monoisotopic (exact) mass is 289 g/mol. The van der Waals surface area contributed by atoms with E-state index >= 15 is 0 Å². The van der Waals surface area contributed by atoms with Gasteiger partial charge in [0.15, 0.2) is 0 Å². The molecule has 1 saturated heterocycles. The maximum Gasteiger partial charge on any atom is 0.239 e. The summed E-state index contributed by atoms with van der Waals surface area (Å²) < 4.78 is 0. The zero-order chi connectivity index (χ0) is 13.2. The lowest BCUT2D eigenvalue weighted by Gasteiger charge is -2.23.